The topological polar surface area (TPSA) is 72.3 Å². The second kappa shape index (κ2) is 5.31. The van der Waals surface area contributed by atoms with E-state index in [0.717, 1.165) is 15.1 Å². The highest BCUT2D eigenvalue weighted by Gasteiger charge is 2.12. The Balaban J connectivity index is 2.00. The number of aromatic nitrogens is 2. The van der Waals surface area contributed by atoms with Gasteiger partial charge in [-0.05, 0) is 31.2 Å². The summed E-state index contributed by atoms with van der Waals surface area (Å²) >= 11 is 7.60. The number of benzene rings is 1. The Morgan fingerprint density at radius 1 is 1.33 bits per heavy atom. The molecule has 2 heterocycles. The molecule has 0 bridgehead atoms. The summed E-state index contributed by atoms with van der Waals surface area (Å²) in [7, 11) is 0. The Kier molecular flexibility index (Phi) is 3.48. The fraction of sp³-hybridized carbons (Fsp3) is 0.0714. The zero-order valence-corrected chi connectivity index (χ0v) is 12.4. The standard InChI is InChI=1S/C14H9ClN2O3S/c1-7-4-9-12(16-6-17-13(9)21-7)20-11-3-2-8(14(18)19)5-10(11)15/h2-6H,1H3,(H,18,19). The fourth-order valence-corrected chi connectivity index (χ4v) is 2.91. The number of hydrogen-bond donors (Lipinski definition) is 1. The first-order valence-electron chi connectivity index (χ1n) is 5.96. The molecule has 0 fully saturated rings. The summed E-state index contributed by atoms with van der Waals surface area (Å²) < 4.78 is 5.70. The number of aromatic carboxylic acids is 1. The number of ether oxygens (including phenoxy) is 1. The third kappa shape index (κ3) is 2.68. The van der Waals surface area contributed by atoms with E-state index in [1.165, 1.54) is 24.5 Å². The van der Waals surface area contributed by atoms with Crippen molar-refractivity contribution in [2.75, 3.05) is 0 Å². The van der Waals surface area contributed by atoms with Crippen molar-refractivity contribution >= 4 is 39.1 Å². The van der Waals surface area contributed by atoms with Gasteiger partial charge in [0, 0.05) is 4.88 Å². The Hall–Kier alpha value is -2.18. The molecule has 0 unspecified atom stereocenters. The lowest BCUT2D eigenvalue weighted by Gasteiger charge is -2.07. The lowest BCUT2D eigenvalue weighted by atomic mass is 10.2. The van der Waals surface area contributed by atoms with Crippen molar-refractivity contribution in [3.63, 3.8) is 0 Å². The van der Waals surface area contributed by atoms with Crippen molar-refractivity contribution in [2.24, 2.45) is 0 Å². The molecule has 0 saturated heterocycles. The van der Waals surface area contributed by atoms with Gasteiger partial charge in [0.15, 0.2) is 0 Å². The van der Waals surface area contributed by atoms with Gasteiger partial charge in [-0.2, -0.15) is 0 Å². The molecule has 5 nitrogen and oxygen atoms in total. The van der Waals surface area contributed by atoms with E-state index in [9.17, 15) is 4.79 Å². The number of thiophene rings is 1. The van der Waals surface area contributed by atoms with Gasteiger partial charge in [-0.1, -0.05) is 11.6 Å². The largest absolute Gasteiger partial charge is 0.478 e. The molecule has 3 aromatic rings. The molecule has 2 aromatic heterocycles. The number of carboxylic acid groups (broad SMARTS) is 1. The van der Waals surface area contributed by atoms with Gasteiger partial charge < -0.3 is 9.84 Å². The summed E-state index contributed by atoms with van der Waals surface area (Å²) in [6.45, 7) is 1.98. The van der Waals surface area contributed by atoms with Gasteiger partial charge in [0.2, 0.25) is 5.88 Å². The summed E-state index contributed by atoms with van der Waals surface area (Å²) in [6, 6.07) is 6.23. The number of aryl methyl sites for hydroxylation is 1. The molecule has 0 aliphatic carbocycles. The molecule has 0 radical (unpaired) electrons. The molecule has 1 N–H and O–H groups in total. The molecule has 3 rings (SSSR count). The summed E-state index contributed by atoms with van der Waals surface area (Å²) in [5, 5.41) is 9.94. The number of carbonyl (C=O) groups is 1. The van der Waals surface area contributed by atoms with Crippen LogP contribution in [0.2, 0.25) is 5.02 Å². The van der Waals surface area contributed by atoms with Crippen molar-refractivity contribution in [3.8, 4) is 11.6 Å². The van der Waals surface area contributed by atoms with Crippen molar-refractivity contribution in [2.45, 2.75) is 6.92 Å². The molecule has 106 valence electrons. The number of fused-ring (bicyclic) bond motifs is 1. The minimum Gasteiger partial charge on any atom is -0.478 e. The van der Waals surface area contributed by atoms with Gasteiger partial charge in [-0.3, -0.25) is 0 Å². The van der Waals surface area contributed by atoms with Crippen LogP contribution in [0.15, 0.2) is 30.6 Å². The van der Waals surface area contributed by atoms with Crippen LogP contribution in [0.3, 0.4) is 0 Å². The van der Waals surface area contributed by atoms with Crippen LogP contribution in [-0.4, -0.2) is 21.0 Å². The minimum absolute atomic E-state index is 0.103. The van der Waals surface area contributed by atoms with Crippen LogP contribution in [0.4, 0.5) is 0 Å². The predicted molar refractivity (Wildman–Crippen MR) is 80.6 cm³/mol. The Labute approximate surface area is 128 Å². The summed E-state index contributed by atoms with van der Waals surface area (Å²) in [5.74, 6) is -0.291. The predicted octanol–water partition coefficient (Wildman–Crippen LogP) is 4.14. The van der Waals surface area contributed by atoms with Crippen molar-refractivity contribution < 1.29 is 14.6 Å². The first kappa shape index (κ1) is 13.8. The maximum absolute atomic E-state index is 10.9. The normalized spacial score (nSPS) is 10.8. The minimum atomic E-state index is -1.04. The van der Waals surface area contributed by atoms with E-state index in [1.54, 1.807) is 11.3 Å². The highest BCUT2D eigenvalue weighted by molar-refractivity contribution is 7.18. The quantitative estimate of drug-likeness (QED) is 0.785. The Morgan fingerprint density at radius 2 is 2.14 bits per heavy atom. The zero-order chi connectivity index (χ0) is 15.0. The van der Waals surface area contributed by atoms with Crippen molar-refractivity contribution in [1.29, 1.82) is 0 Å². The first-order valence-corrected chi connectivity index (χ1v) is 7.16. The highest BCUT2D eigenvalue weighted by atomic mass is 35.5. The molecule has 0 amide bonds. The number of rotatable bonds is 3. The van der Waals surface area contributed by atoms with Gasteiger partial charge in [0.05, 0.1) is 16.0 Å². The van der Waals surface area contributed by atoms with Gasteiger partial charge in [-0.15, -0.1) is 11.3 Å². The maximum Gasteiger partial charge on any atom is 0.335 e. The Bertz CT molecular complexity index is 847. The van der Waals surface area contributed by atoms with Crippen molar-refractivity contribution in [3.05, 3.63) is 46.1 Å². The fourth-order valence-electron chi connectivity index (χ4n) is 1.86. The number of carboxylic acids is 1. The van der Waals surface area contributed by atoms with Crippen LogP contribution >= 0.6 is 22.9 Å². The average Bonchev–Trinajstić information content (AvgIpc) is 2.82. The Morgan fingerprint density at radius 3 is 2.86 bits per heavy atom. The van der Waals surface area contributed by atoms with E-state index in [4.69, 9.17) is 21.4 Å². The van der Waals surface area contributed by atoms with Crippen LogP contribution in [0, 0.1) is 6.92 Å². The van der Waals surface area contributed by atoms with E-state index in [-0.39, 0.29) is 10.6 Å². The van der Waals surface area contributed by atoms with E-state index in [2.05, 4.69) is 9.97 Å². The van der Waals surface area contributed by atoms with Gasteiger partial charge in [-0.25, -0.2) is 14.8 Å². The third-order valence-corrected chi connectivity index (χ3v) is 4.06. The molecule has 0 aliphatic rings. The number of halogens is 1. The van der Waals surface area contributed by atoms with Crippen LogP contribution in [0.5, 0.6) is 11.6 Å². The molecule has 0 spiro atoms. The average molecular weight is 321 g/mol. The van der Waals surface area contributed by atoms with E-state index in [0.29, 0.717) is 11.6 Å². The summed E-state index contributed by atoms with van der Waals surface area (Å²) in [4.78, 5) is 21.1. The van der Waals surface area contributed by atoms with Gasteiger partial charge >= 0.3 is 5.97 Å². The van der Waals surface area contributed by atoms with Crippen LogP contribution in [-0.2, 0) is 0 Å². The lowest BCUT2D eigenvalue weighted by molar-refractivity contribution is 0.0697. The second-order valence-corrected chi connectivity index (χ2v) is 5.95. The van der Waals surface area contributed by atoms with E-state index >= 15 is 0 Å². The summed E-state index contributed by atoms with van der Waals surface area (Å²) in [6.07, 6.45) is 1.42. The molecule has 1 aromatic carbocycles. The number of hydrogen-bond acceptors (Lipinski definition) is 5. The van der Waals surface area contributed by atoms with Crippen LogP contribution in [0.25, 0.3) is 10.2 Å². The van der Waals surface area contributed by atoms with E-state index < -0.39 is 5.97 Å². The molecular weight excluding hydrogens is 312 g/mol. The smallest absolute Gasteiger partial charge is 0.335 e. The first-order chi connectivity index (χ1) is 10.0. The highest BCUT2D eigenvalue weighted by Crippen LogP contribution is 2.34. The van der Waals surface area contributed by atoms with E-state index in [1.807, 2.05) is 13.0 Å². The van der Waals surface area contributed by atoms with Crippen LogP contribution in [0.1, 0.15) is 15.2 Å². The molecular formula is C14H9ClN2O3S. The molecule has 0 atom stereocenters. The lowest BCUT2D eigenvalue weighted by Crippen LogP contribution is -1.97. The summed E-state index contributed by atoms with van der Waals surface area (Å²) in [5.41, 5.74) is 0.103. The molecule has 0 saturated carbocycles. The van der Waals surface area contributed by atoms with Gasteiger partial charge in [0.1, 0.15) is 16.9 Å². The maximum atomic E-state index is 10.9. The van der Waals surface area contributed by atoms with Crippen molar-refractivity contribution in [1.82, 2.24) is 9.97 Å². The molecule has 7 heteroatoms. The SMILES string of the molecule is Cc1cc2c(Oc3ccc(C(=O)O)cc3Cl)ncnc2s1. The molecule has 21 heavy (non-hydrogen) atoms. The molecule has 0 aliphatic heterocycles. The monoisotopic (exact) mass is 320 g/mol. The van der Waals surface area contributed by atoms with Gasteiger partial charge in [0.25, 0.3) is 0 Å². The number of nitrogens with zero attached hydrogens (tertiary/aromatic N) is 2. The second-order valence-electron chi connectivity index (χ2n) is 4.31. The zero-order valence-electron chi connectivity index (χ0n) is 10.8. The third-order valence-electron chi connectivity index (χ3n) is 2.80. The van der Waals surface area contributed by atoms with Crippen LogP contribution < -0.4 is 4.74 Å².